The van der Waals surface area contributed by atoms with E-state index in [-0.39, 0.29) is 17.3 Å². The first-order chi connectivity index (χ1) is 8.64. The van der Waals surface area contributed by atoms with Crippen molar-refractivity contribution in [3.8, 4) is 6.07 Å². The lowest BCUT2D eigenvalue weighted by atomic mass is 10.1. The molecule has 0 amide bonds. The second-order valence-corrected chi connectivity index (χ2v) is 5.89. The predicted molar refractivity (Wildman–Crippen MR) is 66.0 cm³/mol. The van der Waals surface area contributed by atoms with Gasteiger partial charge >= 0.3 is 0 Å². The highest BCUT2D eigenvalue weighted by Crippen LogP contribution is 2.63. The number of hydrogen-bond donors (Lipinski definition) is 0. The van der Waals surface area contributed by atoms with Gasteiger partial charge in [0.2, 0.25) is 5.89 Å². The predicted octanol–water partition coefficient (Wildman–Crippen LogP) is 2.32. The zero-order valence-electron chi connectivity index (χ0n) is 10.9. The molecule has 2 heterocycles. The molecule has 2 fully saturated rings. The summed E-state index contributed by atoms with van der Waals surface area (Å²) in [7, 11) is 0. The Labute approximate surface area is 107 Å². The van der Waals surface area contributed by atoms with E-state index in [0.29, 0.717) is 11.8 Å². The Bertz CT molecular complexity index is 481. The maximum atomic E-state index is 9.08. The Morgan fingerprint density at radius 3 is 2.67 bits per heavy atom. The van der Waals surface area contributed by atoms with Gasteiger partial charge in [-0.15, -0.1) is 0 Å². The van der Waals surface area contributed by atoms with E-state index in [4.69, 9.17) is 9.78 Å². The molecule has 96 valence electrons. The van der Waals surface area contributed by atoms with Crippen LogP contribution in [0.3, 0.4) is 0 Å². The summed E-state index contributed by atoms with van der Waals surface area (Å²) >= 11 is 0. The first-order valence-electron chi connectivity index (χ1n) is 6.63. The standard InChI is InChI=1S/C13H18N4O/c1-13(2)9(8-14)10(13)11-15-12(16-18-11)17-6-4-3-5-7-17/h9-10H,3-7H2,1-2H3. The minimum absolute atomic E-state index is 0.00663. The number of rotatable bonds is 2. The van der Waals surface area contributed by atoms with Gasteiger partial charge in [-0.05, 0) is 29.8 Å². The van der Waals surface area contributed by atoms with Crippen LogP contribution < -0.4 is 4.90 Å². The van der Waals surface area contributed by atoms with Crippen molar-refractivity contribution in [2.24, 2.45) is 11.3 Å². The smallest absolute Gasteiger partial charge is 0.266 e. The van der Waals surface area contributed by atoms with Crippen molar-refractivity contribution in [3.63, 3.8) is 0 Å². The fourth-order valence-electron chi connectivity index (χ4n) is 2.92. The molecule has 5 nitrogen and oxygen atoms in total. The van der Waals surface area contributed by atoms with Crippen molar-refractivity contribution in [2.75, 3.05) is 18.0 Å². The second-order valence-electron chi connectivity index (χ2n) is 5.89. The molecule has 2 atom stereocenters. The van der Waals surface area contributed by atoms with E-state index in [2.05, 4.69) is 35.0 Å². The maximum Gasteiger partial charge on any atom is 0.266 e. The normalized spacial score (nSPS) is 29.9. The third-order valence-corrected chi connectivity index (χ3v) is 4.30. The van der Waals surface area contributed by atoms with Gasteiger partial charge < -0.3 is 9.42 Å². The van der Waals surface area contributed by atoms with Crippen LogP contribution in [0.1, 0.15) is 44.9 Å². The number of hydrogen-bond acceptors (Lipinski definition) is 5. The van der Waals surface area contributed by atoms with Gasteiger partial charge in [-0.25, -0.2) is 0 Å². The molecular formula is C13H18N4O. The van der Waals surface area contributed by atoms with Gasteiger partial charge in [-0.1, -0.05) is 13.8 Å². The summed E-state index contributed by atoms with van der Waals surface area (Å²) in [4.78, 5) is 6.66. The minimum atomic E-state index is -0.0273. The van der Waals surface area contributed by atoms with Crippen LogP contribution in [0.5, 0.6) is 0 Å². The Morgan fingerprint density at radius 2 is 2.06 bits per heavy atom. The van der Waals surface area contributed by atoms with Crippen LogP contribution in [0.25, 0.3) is 0 Å². The molecule has 1 aliphatic carbocycles. The molecule has 0 spiro atoms. The first-order valence-corrected chi connectivity index (χ1v) is 6.63. The monoisotopic (exact) mass is 246 g/mol. The van der Waals surface area contributed by atoms with Gasteiger partial charge in [-0.3, -0.25) is 0 Å². The van der Waals surface area contributed by atoms with Crippen LogP contribution in [-0.2, 0) is 0 Å². The topological polar surface area (TPSA) is 66.0 Å². The van der Waals surface area contributed by atoms with E-state index in [0.717, 1.165) is 13.1 Å². The number of aromatic nitrogens is 2. The van der Waals surface area contributed by atoms with E-state index in [1.165, 1.54) is 19.3 Å². The zero-order valence-corrected chi connectivity index (χ0v) is 10.9. The summed E-state index contributed by atoms with van der Waals surface area (Å²) in [6.07, 6.45) is 3.67. The van der Waals surface area contributed by atoms with Gasteiger partial charge in [0.1, 0.15) is 0 Å². The van der Waals surface area contributed by atoms with Gasteiger partial charge in [0.05, 0.1) is 17.9 Å². The molecule has 2 aliphatic rings. The van der Waals surface area contributed by atoms with E-state index in [1.807, 2.05) is 0 Å². The lowest BCUT2D eigenvalue weighted by molar-refractivity contribution is 0.366. The number of piperidine rings is 1. The quantitative estimate of drug-likeness (QED) is 0.801. The largest absolute Gasteiger partial charge is 0.338 e. The third kappa shape index (κ3) is 1.67. The van der Waals surface area contributed by atoms with Crippen molar-refractivity contribution in [3.05, 3.63) is 5.89 Å². The van der Waals surface area contributed by atoms with Crippen LogP contribution in [0.15, 0.2) is 4.52 Å². The molecule has 5 heteroatoms. The summed E-state index contributed by atoms with van der Waals surface area (Å²) in [5, 5.41) is 13.1. The number of nitriles is 1. The molecule has 2 unspecified atom stereocenters. The fourth-order valence-corrected chi connectivity index (χ4v) is 2.92. The average Bonchev–Trinajstić information content (AvgIpc) is 2.77. The van der Waals surface area contributed by atoms with Crippen molar-refractivity contribution >= 4 is 5.95 Å². The Kier molecular flexibility index (Phi) is 2.54. The van der Waals surface area contributed by atoms with Crippen LogP contribution in [0.4, 0.5) is 5.95 Å². The molecular weight excluding hydrogens is 228 g/mol. The Balaban J connectivity index is 1.77. The average molecular weight is 246 g/mol. The first kappa shape index (κ1) is 11.5. The lowest BCUT2D eigenvalue weighted by Gasteiger charge is -2.24. The highest BCUT2D eigenvalue weighted by molar-refractivity contribution is 5.32. The molecule has 0 radical (unpaired) electrons. The Hall–Kier alpha value is -1.57. The van der Waals surface area contributed by atoms with Crippen molar-refractivity contribution in [1.82, 2.24) is 10.1 Å². The number of nitrogens with zero attached hydrogens (tertiary/aromatic N) is 4. The third-order valence-electron chi connectivity index (χ3n) is 4.30. The molecule has 0 aromatic carbocycles. The SMILES string of the molecule is CC1(C)C(C#N)C1c1nc(N2CCCCC2)no1. The van der Waals surface area contributed by atoms with Crippen molar-refractivity contribution < 1.29 is 4.52 Å². The molecule has 1 aromatic rings. The van der Waals surface area contributed by atoms with E-state index >= 15 is 0 Å². The summed E-state index contributed by atoms with van der Waals surface area (Å²) in [5.41, 5.74) is -0.0273. The molecule has 18 heavy (non-hydrogen) atoms. The van der Waals surface area contributed by atoms with E-state index in [1.54, 1.807) is 0 Å². The molecule has 1 aromatic heterocycles. The van der Waals surface area contributed by atoms with Crippen molar-refractivity contribution in [1.29, 1.82) is 5.26 Å². The molecule has 0 bridgehead atoms. The molecule has 1 saturated heterocycles. The second kappa shape index (κ2) is 3.98. The highest BCUT2D eigenvalue weighted by atomic mass is 16.5. The van der Waals surface area contributed by atoms with Crippen LogP contribution in [0.2, 0.25) is 0 Å². The van der Waals surface area contributed by atoms with Crippen LogP contribution in [0, 0.1) is 22.7 Å². The van der Waals surface area contributed by atoms with Crippen LogP contribution in [-0.4, -0.2) is 23.2 Å². The van der Waals surface area contributed by atoms with Crippen LogP contribution >= 0.6 is 0 Å². The summed E-state index contributed by atoms with van der Waals surface area (Å²) in [6.45, 7) is 6.18. The maximum absolute atomic E-state index is 9.08. The van der Waals surface area contributed by atoms with Crippen molar-refractivity contribution in [2.45, 2.75) is 39.0 Å². The summed E-state index contributed by atoms with van der Waals surface area (Å²) in [5.74, 6) is 1.44. The molecule has 3 rings (SSSR count). The van der Waals surface area contributed by atoms with E-state index in [9.17, 15) is 0 Å². The lowest BCUT2D eigenvalue weighted by Crippen LogP contribution is -2.30. The van der Waals surface area contributed by atoms with Gasteiger partial charge in [0.25, 0.3) is 5.95 Å². The summed E-state index contributed by atoms with van der Waals surface area (Å²) < 4.78 is 5.36. The zero-order chi connectivity index (χ0) is 12.8. The van der Waals surface area contributed by atoms with E-state index < -0.39 is 0 Å². The van der Waals surface area contributed by atoms with Gasteiger partial charge in [0, 0.05) is 13.1 Å². The number of anilines is 1. The van der Waals surface area contributed by atoms with Gasteiger partial charge in [-0.2, -0.15) is 10.2 Å². The summed E-state index contributed by atoms with van der Waals surface area (Å²) in [6, 6.07) is 2.33. The highest BCUT2D eigenvalue weighted by Gasteiger charge is 2.62. The Morgan fingerprint density at radius 1 is 1.33 bits per heavy atom. The van der Waals surface area contributed by atoms with Gasteiger partial charge in [0.15, 0.2) is 0 Å². The molecule has 1 aliphatic heterocycles. The minimum Gasteiger partial charge on any atom is -0.338 e. The molecule has 1 saturated carbocycles. The fraction of sp³-hybridized carbons (Fsp3) is 0.769. The molecule has 0 N–H and O–H groups in total.